The van der Waals surface area contributed by atoms with E-state index in [1.807, 2.05) is 39.8 Å². The molecule has 2 heteroatoms. The zero-order valence-corrected chi connectivity index (χ0v) is 10.7. The van der Waals surface area contributed by atoms with Crippen LogP contribution in [0.1, 0.15) is 33.3 Å². The summed E-state index contributed by atoms with van der Waals surface area (Å²) >= 11 is 0. The number of hydrogen-bond acceptors (Lipinski definition) is 2. The third kappa shape index (κ3) is 4.67. The van der Waals surface area contributed by atoms with E-state index in [1.54, 1.807) is 0 Å². The van der Waals surface area contributed by atoms with Crippen molar-refractivity contribution in [3.8, 4) is 5.75 Å². The fraction of sp³-hybridized carbons (Fsp3) is 0.571. The predicted octanol–water partition coefficient (Wildman–Crippen LogP) is 3.03. The maximum atomic E-state index is 8.98. The summed E-state index contributed by atoms with van der Waals surface area (Å²) in [6.45, 7) is 8.39. The lowest BCUT2D eigenvalue weighted by molar-refractivity contribution is 0.131. The van der Waals surface area contributed by atoms with Crippen LogP contribution in [-0.2, 0) is 6.42 Å². The van der Waals surface area contributed by atoms with Gasteiger partial charge in [0.25, 0.3) is 0 Å². The average Bonchev–Trinajstić information content (AvgIpc) is 2.18. The highest BCUT2D eigenvalue weighted by Gasteiger charge is 2.11. The van der Waals surface area contributed by atoms with Gasteiger partial charge in [0.05, 0.1) is 0 Å². The smallest absolute Gasteiger partial charge is 0.120 e. The molecule has 0 spiro atoms. The molecule has 1 unspecified atom stereocenters. The molecular formula is C14H22O2. The van der Waals surface area contributed by atoms with Crippen LogP contribution in [0.15, 0.2) is 24.3 Å². The third-order valence-electron chi connectivity index (χ3n) is 2.24. The SMILES string of the molecule is CC(CO)Cc1ccc(OC(C)(C)C)cc1. The summed E-state index contributed by atoms with van der Waals surface area (Å²) in [5.74, 6) is 1.21. The Kier molecular flexibility index (Phi) is 4.36. The summed E-state index contributed by atoms with van der Waals surface area (Å²) in [7, 11) is 0. The van der Waals surface area contributed by atoms with E-state index in [-0.39, 0.29) is 12.2 Å². The second-order valence-electron chi connectivity index (χ2n) is 5.35. The number of ether oxygens (including phenoxy) is 1. The molecule has 1 rings (SSSR count). The summed E-state index contributed by atoms with van der Waals surface area (Å²) in [4.78, 5) is 0. The van der Waals surface area contributed by atoms with Crippen molar-refractivity contribution in [3.63, 3.8) is 0 Å². The van der Waals surface area contributed by atoms with Crippen LogP contribution in [0.5, 0.6) is 5.75 Å². The first-order chi connectivity index (χ1) is 7.40. The molecule has 0 amide bonds. The first-order valence-electron chi connectivity index (χ1n) is 5.79. The van der Waals surface area contributed by atoms with Gasteiger partial charge < -0.3 is 9.84 Å². The second kappa shape index (κ2) is 5.35. The molecule has 0 heterocycles. The van der Waals surface area contributed by atoms with E-state index in [1.165, 1.54) is 5.56 Å². The Morgan fingerprint density at radius 1 is 1.19 bits per heavy atom. The lowest BCUT2D eigenvalue weighted by Gasteiger charge is -2.21. The molecule has 0 aliphatic carbocycles. The fourth-order valence-electron chi connectivity index (χ4n) is 1.51. The molecule has 1 aromatic rings. The maximum absolute atomic E-state index is 8.98. The van der Waals surface area contributed by atoms with Crippen LogP contribution < -0.4 is 4.74 Å². The van der Waals surface area contributed by atoms with Gasteiger partial charge in [-0.2, -0.15) is 0 Å². The van der Waals surface area contributed by atoms with Crippen LogP contribution in [0.25, 0.3) is 0 Å². The minimum Gasteiger partial charge on any atom is -0.488 e. The van der Waals surface area contributed by atoms with Crippen molar-refractivity contribution < 1.29 is 9.84 Å². The van der Waals surface area contributed by atoms with E-state index in [2.05, 4.69) is 12.1 Å². The van der Waals surface area contributed by atoms with Crippen molar-refractivity contribution in [1.29, 1.82) is 0 Å². The van der Waals surface area contributed by atoms with Crippen LogP contribution in [0, 0.1) is 5.92 Å². The Bertz CT molecular complexity index is 309. The summed E-state index contributed by atoms with van der Waals surface area (Å²) in [6.07, 6.45) is 0.909. The topological polar surface area (TPSA) is 29.5 Å². The van der Waals surface area contributed by atoms with Crippen molar-refractivity contribution in [2.24, 2.45) is 5.92 Å². The summed E-state index contributed by atoms with van der Waals surface area (Å²) in [6, 6.07) is 8.11. The highest BCUT2D eigenvalue weighted by atomic mass is 16.5. The molecular weight excluding hydrogens is 200 g/mol. The highest BCUT2D eigenvalue weighted by molar-refractivity contribution is 5.28. The standard InChI is InChI=1S/C14H22O2/c1-11(10-15)9-12-5-7-13(8-6-12)16-14(2,3)4/h5-8,11,15H,9-10H2,1-4H3. The maximum Gasteiger partial charge on any atom is 0.120 e. The first-order valence-corrected chi connectivity index (χ1v) is 5.79. The molecule has 0 aliphatic heterocycles. The minimum absolute atomic E-state index is 0.153. The molecule has 1 aromatic carbocycles. The zero-order valence-electron chi connectivity index (χ0n) is 10.7. The van der Waals surface area contributed by atoms with Gasteiger partial charge in [-0.3, -0.25) is 0 Å². The van der Waals surface area contributed by atoms with Crippen LogP contribution in [-0.4, -0.2) is 17.3 Å². The number of aliphatic hydroxyl groups excluding tert-OH is 1. The van der Waals surface area contributed by atoms with E-state index in [0.717, 1.165) is 12.2 Å². The summed E-state index contributed by atoms with van der Waals surface area (Å²) in [5.41, 5.74) is 1.09. The highest BCUT2D eigenvalue weighted by Crippen LogP contribution is 2.19. The Balaban J connectivity index is 2.61. The molecule has 2 nitrogen and oxygen atoms in total. The third-order valence-corrected chi connectivity index (χ3v) is 2.24. The van der Waals surface area contributed by atoms with Gasteiger partial charge >= 0.3 is 0 Å². The lowest BCUT2D eigenvalue weighted by atomic mass is 10.0. The fourth-order valence-corrected chi connectivity index (χ4v) is 1.51. The molecule has 1 N–H and O–H groups in total. The molecule has 0 aromatic heterocycles. The van der Waals surface area contributed by atoms with Crippen LogP contribution >= 0.6 is 0 Å². The molecule has 0 bridgehead atoms. The largest absolute Gasteiger partial charge is 0.488 e. The molecule has 1 atom stereocenters. The Morgan fingerprint density at radius 2 is 1.75 bits per heavy atom. The molecule has 0 fully saturated rings. The normalized spacial score (nSPS) is 13.6. The van der Waals surface area contributed by atoms with E-state index in [9.17, 15) is 0 Å². The molecule has 16 heavy (non-hydrogen) atoms. The number of benzene rings is 1. The Morgan fingerprint density at radius 3 is 2.19 bits per heavy atom. The molecule has 90 valence electrons. The molecule has 0 saturated heterocycles. The van der Waals surface area contributed by atoms with Crippen LogP contribution in [0.4, 0.5) is 0 Å². The van der Waals surface area contributed by atoms with Gasteiger partial charge in [-0.1, -0.05) is 19.1 Å². The summed E-state index contributed by atoms with van der Waals surface area (Å²) < 4.78 is 5.74. The lowest BCUT2D eigenvalue weighted by Crippen LogP contribution is -2.22. The Labute approximate surface area is 98.3 Å². The first kappa shape index (κ1) is 13.0. The van der Waals surface area contributed by atoms with E-state index in [4.69, 9.17) is 9.84 Å². The molecule has 0 radical (unpaired) electrons. The van der Waals surface area contributed by atoms with Gasteiger partial charge in [0.2, 0.25) is 0 Å². The number of hydrogen-bond donors (Lipinski definition) is 1. The summed E-state index contributed by atoms with van der Waals surface area (Å²) in [5, 5.41) is 8.98. The Hall–Kier alpha value is -1.02. The number of aliphatic hydroxyl groups is 1. The van der Waals surface area contributed by atoms with Gasteiger partial charge in [0, 0.05) is 6.61 Å². The van der Waals surface area contributed by atoms with Crippen molar-refractivity contribution in [2.45, 2.75) is 39.7 Å². The number of rotatable bonds is 4. The van der Waals surface area contributed by atoms with Crippen molar-refractivity contribution in [1.82, 2.24) is 0 Å². The van der Waals surface area contributed by atoms with Crippen molar-refractivity contribution in [2.75, 3.05) is 6.61 Å². The van der Waals surface area contributed by atoms with Gasteiger partial charge in [-0.15, -0.1) is 0 Å². The monoisotopic (exact) mass is 222 g/mol. The van der Waals surface area contributed by atoms with E-state index < -0.39 is 0 Å². The average molecular weight is 222 g/mol. The van der Waals surface area contributed by atoms with E-state index >= 15 is 0 Å². The molecule has 0 aliphatic rings. The van der Waals surface area contributed by atoms with Gasteiger partial charge in [0.1, 0.15) is 11.4 Å². The minimum atomic E-state index is -0.153. The van der Waals surface area contributed by atoms with Gasteiger partial charge in [-0.05, 0) is 50.8 Å². The predicted molar refractivity (Wildman–Crippen MR) is 66.8 cm³/mol. The van der Waals surface area contributed by atoms with Crippen LogP contribution in [0.2, 0.25) is 0 Å². The zero-order chi connectivity index (χ0) is 12.2. The van der Waals surface area contributed by atoms with Gasteiger partial charge in [-0.25, -0.2) is 0 Å². The van der Waals surface area contributed by atoms with E-state index in [0.29, 0.717) is 5.92 Å². The second-order valence-corrected chi connectivity index (χ2v) is 5.35. The molecule has 0 saturated carbocycles. The van der Waals surface area contributed by atoms with Crippen LogP contribution in [0.3, 0.4) is 0 Å². The van der Waals surface area contributed by atoms with Crippen molar-refractivity contribution in [3.05, 3.63) is 29.8 Å². The van der Waals surface area contributed by atoms with Gasteiger partial charge in [0.15, 0.2) is 0 Å². The van der Waals surface area contributed by atoms with Crippen molar-refractivity contribution >= 4 is 0 Å². The quantitative estimate of drug-likeness (QED) is 0.848.